The smallest absolute Gasteiger partial charge is 0.314 e. The Hall–Kier alpha value is -1.79. The molecule has 3 amide bonds. The van der Waals surface area contributed by atoms with Crippen molar-refractivity contribution in [1.82, 2.24) is 16.0 Å². The molecule has 0 aromatic heterocycles. The van der Waals surface area contributed by atoms with E-state index >= 15 is 0 Å². The van der Waals surface area contributed by atoms with Gasteiger partial charge in [0, 0.05) is 26.2 Å². The van der Waals surface area contributed by atoms with E-state index in [4.69, 9.17) is 16.3 Å². The molecule has 0 radical (unpaired) electrons. The first-order valence-corrected chi connectivity index (χ1v) is 8.06. The van der Waals surface area contributed by atoms with E-state index in [1.54, 1.807) is 24.3 Å². The van der Waals surface area contributed by atoms with E-state index in [9.17, 15) is 9.59 Å². The topological polar surface area (TPSA) is 79.5 Å². The molecule has 126 valence electrons. The van der Waals surface area contributed by atoms with E-state index in [1.165, 1.54) is 0 Å². The molecule has 1 fully saturated rings. The predicted octanol–water partition coefficient (Wildman–Crippen LogP) is 1.94. The first-order valence-electron chi connectivity index (χ1n) is 7.69. The minimum atomic E-state index is -0.270. The minimum Gasteiger partial charge on any atom is -0.373 e. The third-order valence-corrected chi connectivity index (χ3v) is 4.07. The Kier molecular flexibility index (Phi) is 6.24. The second-order valence-electron chi connectivity index (χ2n) is 5.75. The van der Waals surface area contributed by atoms with Crippen LogP contribution >= 0.6 is 11.6 Å². The summed E-state index contributed by atoms with van der Waals surface area (Å²) in [5, 5.41) is 8.59. The van der Waals surface area contributed by atoms with Gasteiger partial charge in [-0.1, -0.05) is 23.7 Å². The van der Waals surface area contributed by atoms with E-state index in [-0.39, 0.29) is 17.5 Å². The molecule has 6 nitrogen and oxygen atoms in total. The number of rotatable bonds is 6. The monoisotopic (exact) mass is 339 g/mol. The summed E-state index contributed by atoms with van der Waals surface area (Å²) in [6.45, 7) is 3.87. The summed E-state index contributed by atoms with van der Waals surface area (Å²) in [6, 6.07) is 6.56. The van der Waals surface area contributed by atoms with Gasteiger partial charge < -0.3 is 20.7 Å². The normalized spacial score (nSPS) is 20.1. The summed E-state index contributed by atoms with van der Waals surface area (Å²) in [5.74, 6) is -0.260. The molecule has 1 unspecified atom stereocenters. The fraction of sp³-hybridized carbons (Fsp3) is 0.500. The van der Waals surface area contributed by atoms with Gasteiger partial charge in [-0.3, -0.25) is 4.79 Å². The second kappa shape index (κ2) is 8.17. The molecule has 23 heavy (non-hydrogen) atoms. The number of hydrogen-bond donors (Lipinski definition) is 3. The molecule has 0 aliphatic carbocycles. The Bertz CT molecular complexity index is 559. The Morgan fingerprint density at radius 1 is 1.22 bits per heavy atom. The van der Waals surface area contributed by atoms with Crippen molar-refractivity contribution in [3.05, 3.63) is 34.9 Å². The Balaban J connectivity index is 1.62. The van der Waals surface area contributed by atoms with Crippen LogP contribution in [0, 0.1) is 0 Å². The van der Waals surface area contributed by atoms with Crippen LogP contribution in [-0.4, -0.2) is 43.8 Å². The Morgan fingerprint density at radius 2 is 1.96 bits per heavy atom. The largest absolute Gasteiger partial charge is 0.373 e. The zero-order valence-corrected chi connectivity index (χ0v) is 13.9. The average molecular weight is 340 g/mol. The third-order valence-electron chi connectivity index (χ3n) is 3.74. The van der Waals surface area contributed by atoms with Gasteiger partial charge in [-0.05, 0) is 31.9 Å². The van der Waals surface area contributed by atoms with Crippen LogP contribution in [-0.2, 0) is 4.74 Å². The molecule has 1 saturated heterocycles. The third kappa shape index (κ3) is 5.41. The number of urea groups is 1. The number of amides is 3. The van der Waals surface area contributed by atoms with Gasteiger partial charge in [-0.2, -0.15) is 0 Å². The maximum Gasteiger partial charge on any atom is 0.314 e. The van der Waals surface area contributed by atoms with Crippen molar-refractivity contribution in [2.75, 3.05) is 26.2 Å². The molecule has 0 spiro atoms. The molecule has 1 aromatic rings. The van der Waals surface area contributed by atoms with Crippen molar-refractivity contribution in [2.24, 2.45) is 0 Å². The summed E-state index contributed by atoms with van der Waals surface area (Å²) in [6.07, 6.45) is 1.97. The number of nitrogens with one attached hydrogen (secondary N) is 3. The van der Waals surface area contributed by atoms with Crippen molar-refractivity contribution in [3.63, 3.8) is 0 Å². The molecule has 2 rings (SSSR count). The van der Waals surface area contributed by atoms with Gasteiger partial charge in [-0.25, -0.2) is 4.79 Å². The molecule has 0 saturated carbocycles. The van der Waals surface area contributed by atoms with Crippen LogP contribution in [0.5, 0.6) is 0 Å². The summed E-state index contributed by atoms with van der Waals surface area (Å²) in [4.78, 5) is 23.6. The lowest BCUT2D eigenvalue weighted by Gasteiger charge is -2.23. The van der Waals surface area contributed by atoms with Crippen molar-refractivity contribution < 1.29 is 14.3 Å². The molecule has 3 N–H and O–H groups in total. The molecule has 1 aromatic carbocycles. The van der Waals surface area contributed by atoms with Crippen LogP contribution in [0.25, 0.3) is 0 Å². The quantitative estimate of drug-likeness (QED) is 0.693. The zero-order valence-electron chi connectivity index (χ0n) is 13.2. The van der Waals surface area contributed by atoms with Crippen LogP contribution in [0.1, 0.15) is 30.1 Å². The summed E-state index contributed by atoms with van der Waals surface area (Å²) in [7, 11) is 0. The summed E-state index contributed by atoms with van der Waals surface area (Å²) in [5.41, 5.74) is 0.153. The van der Waals surface area contributed by atoms with Crippen LogP contribution < -0.4 is 16.0 Å². The lowest BCUT2D eigenvalue weighted by atomic mass is 10.0. The van der Waals surface area contributed by atoms with Gasteiger partial charge in [0.25, 0.3) is 5.91 Å². The summed E-state index contributed by atoms with van der Waals surface area (Å²) >= 11 is 5.95. The zero-order chi connectivity index (χ0) is 16.7. The Morgan fingerprint density at radius 3 is 2.65 bits per heavy atom. The maximum atomic E-state index is 11.9. The molecular weight excluding hydrogens is 318 g/mol. The first kappa shape index (κ1) is 17.6. The molecule has 1 aliphatic rings. The van der Waals surface area contributed by atoms with Crippen LogP contribution in [0.4, 0.5) is 4.79 Å². The van der Waals surface area contributed by atoms with Crippen molar-refractivity contribution in [2.45, 2.75) is 25.4 Å². The molecule has 7 heteroatoms. The van der Waals surface area contributed by atoms with Crippen molar-refractivity contribution >= 4 is 23.5 Å². The van der Waals surface area contributed by atoms with Crippen LogP contribution in [0.15, 0.2) is 24.3 Å². The van der Waals surface area contributed by atoms with Gasteiger partial charge in [-0.15, -0.1) is 0 Å². The molecule has 1 atom stereocenters. The second-order valence-corrected chi connectivity index (χ2v) is 6.15. The molecule has 1 aliphatic heterocycles. The number of carbonyl (C=O) groups is 2. The highest BCUT2D eigenvalue weighted by Gasteiger charge is 2.29. The molecule has 1 heterocycles. The maximum absolute atomic E-state index is 11.9. The highest BCUT2D eigenvalue weighted by atomic mass is 35.5. The van der Waals surface area contributed by atoms with E-state index in [2.05, 4.69) is 16.0 Å². The number of carbonyl (C=O) groups excluding carboxylic acids is 2. The van der Waals surface area contributed by atoms with Crippen molar-refractivity contribution in [1.29, 1.82) is 0 Å². The fourth-order valence-corrected chi connectivity index (χ4v) is 2.62. The van der Waals surface area contributed by atoms with E-state index in [0.29, 0.717) is 30.2 Å². The SMILES string of the molecule is CC1(CNC(=O)NCCNC(=O)c2ccccc2Cl)CCCO1. The van der Waals surface area contributed by atoms with E-state index in [0.717, 1.165) is 19.4 Å². The van der Waals surface area contributed by atoms with Gasteiger partial charge in [0.2, 0.25) is 0 Å². The van der Waals surface area contributed by atoms with E-state index < -0.39 is 0 Å². The van der Waals surface area contributed by atoms with Gasteiger partial charge >= 0.3 is 6.03 Å². The Labute approximate surface area is 140 Å². The number of halogens is 1. The lowest BCUT2D eigenvalue weighted by Crippen LogP contribution is -2.46. The van der Waals surface area contributed by atoms with Gasteiger partial charge in [0.15, 0.2) is 0 Å². The number of ether oxygens (including phenoxy) is 1. The first-order chi connectivity index (χ1) is 11.0. The lowest BCUT2D eigenvalue weighted by molar-refractivity contribution is 0.0229. The fourth-order valence-electron chi connectivity index (χ4n) is 2.40. The van der Waals surface area contributed by atoms with Gasteiger partial charge in [0.05, 0.1) is 16.2 Å². The number of hydrogen-bond acceptors (Lipinski definition) is 3. The van der Waals surface area contributed by atoms with Gasteiger partial charge in [0.1, 0.15) is 0 Å². The molecular formula is C16H22ClN3O3. The van der Waals surface area contributed by atoms with Crippen LogP contribution in [0.3, 0.4) is 0 Å². The standard InChI is InChI=1S/C16H22ClN3O3/c1-16(7-4-10-23-16)11-20-15(22)19-9-8-18-14(21)12-5-2-3-6-13(12)17/h2-3,5-6H,4,7-11H2,1H3,(H,18,21)(H2,19,20,22). The van der Waals surface area contributed by atoms with Crippen LogP contribution in [0.2, 0.25) is 5.02 Å². The van der Waals surface area contributed by atoms with Crippen molar-refractivity contribution in [3.8, 4) is 0 Å². The van der Waals surface area contributed by atoms with E-state index in [1.807, 2.05) is 6.92 Å². The minimum absolute atomic E-state index is 0.260. The molecule has 0 bridgehead atoms. The number of benzene rings is 1. The highest BCUT2D eigenvalue weighted by molar-refractivity contribution is 6.33. The summed E-state index contributed by atoms with van der Waals surface area (Å²) < 4.78 is 5.60. The highest BCUT2D eigenvalue weighted by Crippen LogP contribution is 2.23. The predicted molar refractivity (Wildman–Crippen MR) is 88.8 cm³/mol. The average Bonchev–Trinajstić information content (AvgIpc) is 2.97.